The molecule has 5 heteroatoms. The largest absolute Gasteiger partial charge is 0.337 e. The molecule has 2 atom stereocenters. The van der Waals surface area contributed by atoms with Gasteiger partial charge in [-0.2, -0.15) is 5.10 Å². The Hall–Kier alpha value is -2.17. The Balaban J connectivity index is 1.85. The second kappa shape index (κ2) is 6.75. The minimum atomic E-state index is -0.0544. The highest BCUT2D eigenvalue weighted by Gasteiger charge is 2.32. The molecule has 0 N–H and O–H groups in total. The number of hydrazone groups is 1. The van der Waals surface area contributed by atoms with E-state index in [2.05, 4.69) is 18.9 Å². The van der Waals surface area contributed by atoms with Gasteiger partial charge in [0.1, 0.15) is 5.71 Å². The van der Waals surface area contributed by atoms with E-state index in [-0.39, 0.29) is 11.8 Å². The molecule has 0 radical (unpaired) electrons. The molecule has 5 nitrogen and oxygen atoms in total. The van der Waals surface area contributed by atoms with E-state index >= 15 is 0 Å². The first kappa shape index (κ1) is 16.7. The molecule has 128 valence electrons. The Labute approximate surface area is 143 Å². The predicted octanol–water partition coefficient (Wildman–Crippen LogP) is 2.98. The quantitative estimate of drug-likeness (QED) is 0.838. The summed E-state index contributed by atoms with van der Waals surface area (Å²) >= 11 is 0. The number of carbonyl (C=O) groups excluding carboxylic acids is 2. The zero-order chi connectivity index (χ0) is 17.3. The summed E-state index contributed by atoms with van der Waals surface area (Å²) in [5.41, 5.74) is 2.23. The molecule has 2 heterocycles. The van der Waals surface area contributed by atoms with Gasteiger partial charge in [-0.3, -0.25) is 9.59 Å². The second-order valence-electron chi connectivity index (χ2n) is 7.19. The van der Waals surface area contributed by atoms with E-state index in [4.69, 9.17) is 0 Å². The van der Waals surface area contributed by atoms with Crippen LogP contribution in [0.4, 0.5) is 5.69 Å². The molecular weight excluding hydrogens is 302 g/mol. The fraction of sp³-hybridized carbons (Fsp3) is 0.526. The zero-order valence-electron chi connectivity index (χ0n) is 14.7. The molecule has 0 aromatic heterocycles. The highest BCUT2D eigenvalue weighted by atomic mass is 16.2. The number of hydrogen-bond donors (Lipinski definition) is 0. The van der Waals surface area contributed by atoms with Crippen LogP contribution in [-0.2, 0) is 9.59 Å². The summed E-state index contributed by atoms with van der Waals surface area (Å²) in [7, 11) is 0. The minimum absolute atomic E-state index is 0.0144. The van der Waals surface area contributed by atoms with Crippen LogP contribution in [0.25, 0.3) is 0 Å². The monoisotopic (exact) mass is 327 g/mol. The summed E-state index contributed by atoms with van der Waals surface area (Å²) < 4.78 is 0. The maximum absolute atomic E-state index is 12.9. The van der Waals surface area contributed by atoms with Gasteiger partial charge in [0, 0.05) is 25.9 Å². The molecule has 24 heavy (non-hydrogen) atoms. The van der Waals surface area contributed by atoms with E-state index in [1.807, 2.05) is 36.1 Å². The topological polar surface area (TPSA) is 53.0 Å². The molecule has 1 aromatic carbocycles. The average Bonchev–Trinajstić information content (AvgIpc) is 2.54. The second-order valence-corrected chi connectivity index (χ2v) is 7.19. The van der Waals surface area contributed by atoms with Crippen LogP contribution in [0.1, 0.15) is 38.7 Å². The van der Waals surface area contributed by atoms with Crippen LogP contribution in [0.3, 0.4) is 0 Å². The summed E-state index contributed by atoms with van der Waals surface area (Å²) in [5, 5.41) is 5.83. The molecular formula is C19H25N3O2. The Morgan fingerprint density at radius 1 is 1.12 bits per heavy atom. The van der Waals surface area contributed by atoms with E-state index < -0.39 is 0 Å². The molecule has 0 bridgehead atoms. The number of anilines is 1. The van der Waals surface area contributed by atoms with Gasteiger partial charge in [-0.15, -0.1) is 0 Å². The van der Waals surface area contributed by atoms with Crippen molar-refractivity contribution in [1.29, 1.82) is 0 Å². The van der Waals surface area contributed by atoms with Crippen molar-refractivity contribution >= 4 is 23.2 Å². The zero-order valence-corrected chi connectivity index (χ0v) is 14.7. The van der Waals surface area contributed by atoms with Crippen molar-refractivity contribution in [1.82, 2.24) is 4.90 Å². The third kappa shape index (κ3) is 3.35. The molecule has 1 fully saturated rings. The maximum atomic E-state index is 12.9. The minimum Gasteiger partial charge on any atom is -0.337 e. The van der Waals surface area contributed by atoms with Gasteiger partial charge < -0.3 is 4.90 Å². The van der Waals surface area contributed by atoms with E-state index in [9.17, 15) is 9.59 Å². The Kier molecular flexibility index (Phi) is 4.69. The molecule has 2 aliphatic heterocycles. The number of hydrogen-bond acceptors (Lipinski definition) is 3. The number of benzene rings is 1. The number of nitrogens with zero attached hydrogens (tertiary/aromatic N) is 3. The van der Waals surface area contributed by atoms with Gasteiger partial charge in [0.25, 0.3) is 5.91 Å². The van der Waals surface area contributed by atoms with Gasteiger partial charge >= 0.3 is 0 Å². The number of amides is 2. The Morgan fingerprint density at radius 2 is 1.79 bits per heavy atom. The van der Waals surface area contributed by atoms with Crippen molar-refractivity contribution < 1.29 is 9.59 Å². The fourth-order valence-corrected chi connectivity index (χ4v) is 3.71. The van der Waals surface area contributed by atoms with Crippen LogP contribution in [0.15, 0.2) is 29.4 Å². The van der Waals surface area contributed by atoms with Crippen LogP contribution in [0.2, 0.25) is 0 Å². The normalized spacial score (nSPS) is 24.8. The van der Waals surface area contributed by atoms with Crippen LogP contribution in [-0.4, -0.2) is 35.5 Å². The third-order valence-electron chi connectivity index (χ3n) is 4.78. The first-order valence-corrected chi connectivity index (χ1v) is 8.71. The van der Waals surface area contributed by atoms with Crippen molar-refractivity contribution in [3.05, 3.63) is 29.8 Å². The van der Waals surface area contributed by atoms with Gasteiger partial charge in [-0.1, -0.05) is 32.0 Å². The van der Waals surface area contributed by atoms with E-state index in [0.29, 0.717) is 30.4 Å². The van der Waals surface area contributed by atoms with Gasteiger partial charge in [-0.25, -0.2) is 5.01 Å². The lowest BCUT2D eigenvalue weighted by molar-refractivity contribution is -0.126. The summed E-state index contributed by atoms with van der Waals surface area (Å²) in [6, 6.07) is 7.63. The molecule has 0 spiro atoms. The smallest absolute Gasteiger partial charge is 0.270 e. The standard InChI is InChI=1S/C19H25N3O2/c1-13-10-14(2)12-21(11-13)19(24)16-8-9-18(23)22(20-16)17-7-5-4-6-15(17)3/h4-7,13-14H,8-12H2,1-3H3/t13-,14+. The molecule has 2 aliphatic rings. The molecule has 1 saturated heterocycles. The van der Waals surface area contributed by atoms with Crippen molar-refractivity contribution in [2.45, 2.75) is 40.0 Å². The summed E-state index contributed by atoms with van der Waals surface area (Å²) in [5.74, 6) is 0.952. The molecule has 1 aromatic rings. The highest BCUT2D eigenvalue weighted by molar-refractivity contribution is 6.40. The number of carbonyl (C=O) groups is 2. The van der Waals surface area contributed by atoms with Gasteiger partial charge in [0.2, 0.25) is 5.91 Å². The summed E-state index contributed by atoms with van der Waals surface area (Å²) in [6.45, 7) is 7.87. The molecule has 0 aliphatic carbocycles. The van der Waals surface area contributed by atoms with Crippen LogP contribution in [0.5, 0.6) is 0 Å². The maximum Gasteiger partial charge on any atom is 0.270 e. The fourth-order valence-electron chi connectivity index (χ4n) is 3.71. The van der Waals surface area contributed by atoms with Crippen LogP contribution < -0.4 is 5.01 Å². The number of rotatable bonds is 2. The number of likely N-dealkylation sites (tertiary alicyclic amines) is 1. The average molecular weight is 327 g/mol. The van der Waals surface area contributed by atoms with Gasteiger partial charge in [0.15, 0.2) is 0 Å². The third-order valence-corrected chi connectivity index (χ3v) is 4.78. The first-order valence-electron chi connectivity index (χ1n) is 8.71. The van der Waals surface area contributed by atoms with E-state index in [0.717, 1.165) is 30.8 Å². The van der Waals surface area contributed by atoms with Crippen molar-refractivity contribution in [2.75, 3.05) is 18.1 Å². The lowest BCUT2D eigenvalue weighted by Gasteiger charge is -2.36. The Morgan fingerprint density at radius 3 is 2.46 bits per heavy atom. The number of aryl methyl sites for hydroxylation is 1. The van der Waals surface area contributed by atoms with Crippen LogP contribution >= 0.6 is 0 Å². The van der Waals surface area contributed by atoms with Crippen molar-refractivity contribution in [2.24, 2.45) is 16.9 Å². The van der Waals surface area contributed by atoms with Crippen LogP contribution in [0, 0.1) is 18.8 Å². The van der Waals surface area contributed by atoms with Gasteiger partial charge in [-0.05, 0) is 36.8 Å². The van der Waals surface area contributed by atoms with E-state index in [1.165, 1.54) is 5.01 Å². The predicted molar refractivity (Wildman–Crippen MR) is 94.9 cm³/mol. The first-order chi connectivity index (χ1) is 11.5. The highest BCUT2D eigenvalue weighted by Crippen LogP contribution is 2.26. The number of piperidine rings is 1. The molecule has 3 rings (SSSR count). The molecule has 0 saturated carbocycles. The summed E-state index contributed by atoms with van der Waals surface area (Å²) in [4.78, 5) is 27.1. The lowest BCUT2D eigenvalue weighted by Crippen LogP contribution is -2.47. The van der Waals surface area contributed by atoms with Crippen molar-refractivity contribution in [3.8, 4) is 0 Å². The SMILES string of the molecule is Cc1ccccc1N1N=C(C(=O)N2C[C@H](C)C[C@H](C)C2)CCC1=O. The van der Waals surface area contributed by atoms with Gasteiger partial charge in [0.05, 0.1) is 5.69 Å². The van der Waals surface area contributed by atoms with Crippen molar-refractivity contribution in [3.63, 3.8) is 0 Å². The number of para-hydroxylation sites is 1. The lowest BCUT2D eigenvalue weighted by atomic mass is 9.91. The van der Waals surface area contributed by atoms with E-state index in [1.54, 1.807) is 0 Å². The summed E-state index contributed by atoms with van der Waals surface area (Å²) in [6.07, 6.45) is 1.92. The molecule has 0 unspecified atom stereocenters. The Bertz CT molecular complexity index is 673. The molecule has 2 amide bonds.